The van der Waals surface area contributed by atoms with Crippen LogP contribution in [-0.2, 0) is 67.3 Å². The van der Waals surface area contributed by atoms with Gasteiger partial charge in [-0.15, -0.1) is 0 Å². The van der Waals surface area contributed by atoms with E-state index in [4.69, 9.17) is 43.6 Å². The first kappa shape index (κ1) is 47.6. The molecule has 0 aliphatic carbocycles. The Kier molecular flexibility index (Phi) is 18.8. The van der Waals surface area contributed by atoms with E-state index in [2.05, 4.69) is 10.0 Å². The summed E-state index contributed by atoms with van der Waals surface area (Å²) in [7, 11) is 0. The normalized spacial score (nSPS) is 28.1. The second kappa shape index (κ2) is 24.9. The SMILES string of the molecule is CC(=O)OC1[C@H](C)OC(C(N)=O)[C@@H](OC2CCCCO2)[C@H]1OCc1ccccc1.[N-]=[N+]=NC1[C@H](Sc2ccccc2)OC(COCc2ccccc2)[C@@H](O)[C@H]1OCc1ccccc1. The highest BCUT2D eigenvalue weighted by atomic mass is 32.2. The van der Waals surface area contributed by atoms with Crippen LogP contribution in [0.1, 0.15) is 49.8 Å². The Balaban J connectivity index is 0.000000213. The highest BCUT2D eigenvalue weighted by Crippen LogP contribution is 2.37. The summed E-state index contributed by atoms with van der Waals surface area (Å²) >= 11 is 1.44. The van der Waals surface area contributed by atoms with Crippen molar-refractivity contribution in [1.82, 2.24) is 0 Å². The number of aliphatic hydroxyl groups excluding tert-OH is 1. The van der Waals surface area contributed by atoms with E-state index in [9.17, 15) is 20.2 Å². The maximum absolute atomic E-state index is 12.1. The van der Waals surface area contributed by atoms with Crippen molar-refractivity contribution >= 4 is 23.6 Å². The van der Waals surface area contributed by atoms with Gasteiger partial charge in [0, 0.05) is 23.3 Å². The predicted octanol–water partition coefficient (Wildman–Crippen LogP) is 7.03. The zero-order valence-corrected chi connectivity index (χ0v) is 36.2. The van der Waals surface area contributed by atoms with Crippen molar-refractivity contribution in [3.63, 3.8) is 0 Å². The molecule has 3 fully saturated rings. The number of amides is 1. The number of ether oxygens (including phenoxy) is 8. The van der Waals surface area contributed by atoms with Crippen molar-refractivity contribution in [2.24, 2.45) is 10.8 Å². The van der Waals surface area contributed by atoms with Gasteiger partial charge in [-0.3, -0.25) is 9.59 Å². The fraction of sp³-hybridized carbons (Fsp3) is 0.447. The largest absolute Gasteiger partial charge is 0.457 e. The summed E-state index contributed by atoms with van der Waals surface area (Å²) in [5.74, 6) is -1.13. The average molecular weight is 885 g/mol. The van der Waals surface area contributed by atoms with Crippen molar-refractivity contribution < 1.29 is 52.6 Å². The number of aliphatic hydroxyl groups is 1. The van der Waals surface area contributed by atoms with E-state index in [1.54, 1.807) is 6.92 Å². The minimum Gasteiger partial charge on any atom is -0.457 e. The number of benzene rings is 4. The van der Waals surface area contributed by atoms with Crippen molar-refractivity contribution in [2.75, 3.05) is 13.2 Å². The van der Waals surface area contributed by atoms with Crippen LogP contribution in [0.4, 0.5) is 0 Å². The molecule has 63 heavy (non-hydrogen) atoms. The summed E-state index contributed by atoms with van der Waals surface area (Å²) in [6, 6.07) is 38.1. The molecule has 1 amide bonds. The van der Waals surface area contributed by atoms with Crippen LogP contribution in [0.3, 0.4) is 0 Å². The first-order valence-corrected chi connectivity index (χ1v) is 22.0. The number of thioether (sulfide) groups is 1. The van der Waals surface area contributed by atoms with Crippen molar-refractivity contribution in [3.8, 4) is 0 Å². The van der Waals surface area contributed by atoms with Gasteiger partial charge in [0.1, 0.15) is 35.9 Å². The molecule has 5 unspecified atom stereocenters. The number of carbonyl (C=O) groups excluding carboxylic acids is 2. The van der Waals surface area contributed by atoms with Crippen LogP contribution in [0.15, 0.2) is 131 Å². The molecule has 3 saturated heterocycles. The summed E-state index contributed by atoms with van der Waals surface area (Å²) in [4.78, 5) is 27.8. The van der Waals surface area contributed by atoms with E-state index in [0.29, 0.717) is 19.6 Å². The second-order valence-electron chi connectivity index (χ2n) is 15.3. The third-order valence-electron chi connectivity index (χ3n) is 10.6. The molecule has 4 aromatic carbocycles. The molecule has 4 aromatic rings. The van der Waals surface area contributed by atoms with Crippen LogP contribution in [0.25, 0.3) is 10.4 Å². The number of nitrogens with zero attached hydrogens (tertiary/aromatic N) is 3. The van der Waals surface area contributed by atoms with E-state index < -0.39 is 78.5 Å². The summed E-state index contributed by atoms with van der Waals surface area (Å²) in [6.45, 7) is 4.73. The van der Waals surface area contributed by atoms with E-state index in [0.717, 1.165) is 34.4 Å². The Bertz CT molecular complexity index is 2010. The zero-order valence-electron chi connectivity index (χ0n) is 35.4. The number of azide groups is 1. The quantitative estimate of drug-likeness (QED) is 0.0475. The lowest BCUT2D eigenvalue weighted by molar-refractivity contribution is -0.286. The van der Waals surface area contributed by atoms with E-state index in [1.165, 1.54) is 18.7 Å². The summed E-state index contributed by atoms with van der Waals surface area (Å²) in [6.07, 6.45) is -4.29. The lowest BCUT2D eigenvalue weighted by Gasteiger charge is -2.45. The lowest BCUT2D eigenvalue weighted by atomic mass is 9.94. The number of primary amides is 1. The van der Waals surface area contributed by atoms with Gasteiger partial charge in [-0.25, -0.2) is 0 Å². The van der Waals surface area contributed by atoms with Gasteiger partial charge < -0.3 is 48.7 Å². The maximum Gasteiger partial charge on any atom is 0.303 e. The molecular formula is C47H56N4O11S. The molecule has 16 heteroatoms. The Morgan fingerprint density at radius 2 is 1.37 bits per heavy atom. The maximum atomic E-state index is 12.1. The minimum atomic E-state index is -1.04. The third-order valence-corrected chi connectivity index (χ3v) is 11.8. The zero-order chi connectivity index (χ0) is 44.4. The van der Waals surface area contributed by atoms with Crippen LogP contribution >= 0.6 is 11.8 Å². The number of hydrogen-bond donors (Lipinski definition) is 2. The highest BCUT2D eigenvalue weighted by molar-refractivity contribution is 7.99. The van der Waals surface area contributed by atoms with Crippen LogP contribution in [-0.4, -0.2) is 96.8 Å². The van der Waals surface area contributed by atoms with Gasteiger partial charge in [-0.05, 0) is 60.5 Å². The standard InChI is InChI=1S/C26H27N3O4S.C21H29NO7/c27-29-28-23-25(32-17-20-12-6-2-7-13-20)24(30)22(18-31-16-19-10-4-1-5-11-19)33-26(23)34-21-14-8-3-9-15-21;1-13-17(28-14(2)23)18(26-12-15-8-4-3-5-9-15)19(20(27-13)21(22)24)29-16-10-6-7-11-25-16/h1-15,22-26,30H,16-18H2;3-5,8-9,13,16-20H,6-7,10-12H2,1-2H3,(H2,22,24)/t22?,23?,24-,25+,26+;13-,16?,17?,18-,19-,20?/m10/s1. The molecule has 0 spiro atoms. The number of carbonyl (C=O) groups is 2. The molecule has 3 aliphatic heterocycles. The monoisotopic (exact) mass is 884 g/mol. The smallest absolute Gasteiger partial charge is 0.303 e. The summed E-state index contributed by atoms with van der Waals surface area (Å²) in [5.41, 5.74) is 17.2. The van der Waals surface area contributed by atoms with E-state index in [-0.39, 0.29) is 19.8 Å². The predicted molar refractivity (Wildman–Crippen MR) is 234 cm³/mol. The van der Waals surface area contributed by atoms with Crippen LogP contribution in [0.2, 0.25) is 0 Å². The molecular weight excluding hydrogens is 829 g/mol. The average Bonchev–Trinajstić information content (AvgIpc) is 3.30. The van der Waals surface area contributed by atoms with Gasteiger partial charge in [-0.1, -0.05) is 126 Å². The number of rotatable bonds is 17. The Morgan fingerprint density at radius 1 is 0.794 bits per heavy atom. The van der Waals surface area contributed by atoms with Gasteiger partial charge in [0.2, 0.25) is 5.91 Å². The Labute approximate surface area is 372 Å². The Morgan fingerprint density at radius 3 is 1.90 bits per heavy atom. The van der Waals surface area contributed by atoms with Crippen molar-refractivity contribution in [3.05, 3.63) is 148 Å². The molecule has 0 radical (unpaired) electrons. The number of esters is 1. The van der Waals surface area contributed by atoms with Gasteiger partial charge >= 0.3 is 5.97 Å². The van der Waals surface area contributed by atoms with Crippen LogP contribution in [0, 0.1) is 0 Å². The van der Waals surface area contributed by atoms with Gasteiger partial charge in [0.05, 0.1) is 38.6 Å². The molecule has 0 aromatic heterocycles. The number of hydrogen-bond acceptors (Lipinski definition) is 13. The molecule has 0 saturated carbocycles. The molecule has 15 nitrogen and oxygen atoms in total. The molecule has 336 valence electrons. The van der Waals surface area contributed by atoms with Gasteiger partial charge in [-0.2, -0.15) is 0 Å². The number of nitrogens with two attached hydrogens (primary N) is 1. The first-order valence-electron chi connectivity index (χ1n) is 21.1. The molecule has 3 heterocycles. The molecule has 3 N–H and O–H groups in total. The highest BCUT2D eigenvalue weighted by Gasteiger charge is 2.51. The van der Waals surface area contributed by atoms with E-state index in [1.807, 2.05) is 121 Å². The fourth-order valence-corrected chi connectivity index (χ4v) is 8.61. The minimum absolute atomic E-state index is 0.177. The summed E-state index contributed by atoms with van der Waals surface area (Å²) < 4.78 is 47.4. The Hall–Kier alpha value is -4.84. The molecule has 7 rings (SSSR count). The van der Waals surface area contributed by atoms with Crippen LogP contribution < -0.4 is 5.73 Å². The van der Waals surface area contributed by atoms with Gasteiger partial charge in [0.15, 0.2) is 18.5 Å². The third kappa shape index (κ3) is 14.3. The lowest BCUT2D eigenvalue weighted by Crippen LogP contribution is -2.63. The molecule has 11 atom stereocenters. The van der Waals surface area contributed by atoms with Crippen molar-refractivity contribution in [1.29, 1.82) is 0 Å². The second-order valence-corrected chi connectivity index (χ2v) is 16.5. The molecule has 0 bridgehead atoms. The molecule has 3 aliphatic rings. The van der Waals surface area contributed by atoms with Crippen LogP contribution in [0.5, 0.6) is 0 Å². The fourth-order valence-electron chi connectivity index (χ4n) is 7.48. The summed E-state index contributed by atoms with van der Waals surface area (Å²) in [5, 5.41) is 15.1. The first-order chi connectivity index (χ1) is 30.7. The van der Waals surface area contributed by atoms with E-state index >= 15 is 0 Å². The van der Waals surface area contributed by atoms with Gasteiger partial charge in [0.25, 0.3) is 0 Å². The topological polar surface area (TPSA) is 203 Å². The van der Waals surface area contributed by atoms with Crippen molar-refractivity contribution in [2.45, 2.75) is 124 Å².